The van der Waals surface area contributed by atoms with Crippen LogP contribution >= 0.6 is 11.8 Å². The predicted octanol–water partition coefficient (Wildman–Crippen LogP) is 4.08. The fourth-order valence-corrected chi connectivity index (χ4v) is 4.97. The monoisotopic (exact) mass is 497 g/mol. The number of rotatable bonds is 6. The molecular formula is C24H31N7O3S. The Bertz CT molecular complexity index is 1310. The second kappa shape index (κ2) is 9.82. The number of anilines is 1. The third-order valence-corrected chi connectivity index (χ3v) is 6.53. The van der Waals surface area contributed by atoms with Gasteiger partial charge in [-0.25, -0.2) is 14.5 Å². The van der Waals surface area contributed by atoms with Crippen molar-refractivity contribution in [3.8, 4) is 5.75 Å². The van der Waals surface area contributed by atoms with Crippen LogP contribution < -0.4 is 15.8 Å². The van der Waals surface area contributed by atoms with Gasteiger partial charge in [0, 0.05) is 23.1 Å². The number of nitrogens with two attached hydrogens (primary N) is 1. The summed E-state index contributed by atoms with van der Waals surface area (Å²) in [7, 11) is 1.65. The molecule has 3 aromatic heterocycles. The Labute approximate surface area is 208 Å². The molecule has 0 radical (unpaired) electrons. The third-order valence-electron chi connectivity index (χ3n) is 5.45. The van der Waals surface area contributed by atoms with E-state index in [9.17, 15) is 4.79 Å². The minimum absolute atomic E-state index is 0.162. The number of methoxy groups -OCH3 is 1. The van der Waals surface area contributed by atoms with Crippen LogP contribution in [0.3, 0.4) is 0 Å². The molecule has 4 rings (SSSR count). The van der Waals surface area contributed by atoms with Crippen LogP contribution in [0.1, 0.15) is 49.7 Å². The van der Waals surface area contributed by atoms with Crippen molar-refractivity contribution in [3.05, 3.63) is 34.3 Å². The van der Waals surface area contributed by atoms with Crippen LogP contribution in [0.15, 0.2) is 16.8 Å². The minimum atomic E-state index is -0.641. The molecule has 1 aliphatic rings. The molecule has 11 heteroatoms. The van der Waals surface area contributed by atoms with E-state index in [0.717, 1.165) is 50.9 Å². The van der Waals surface area contributed by atoms with E-state index in [0.29, 0.717) is 18.7 Å². The predicted molar refractivity (Wildman–Crippen MR) is 137 cm³/mol. The Hall–Kier alpha value is -3.18. The Morgan fingerprint density at radius 2 is 2.06 bits per heavy atom. The zero-order valence-electron chi connectivity index (χ0n) is 20.9. The number of ether oxygens (including phenoxy) is 2. The molecule has 35 heavy (non-hydrogen) atoms. The standard InChI is InChI=1S/C24H31N7O3S/c1-13-10-26-17(14(2)19(13)33-6)11-31-20-18-16(30-31)9-15(7-8-25)12-35-21(18)28-22(27-20)29-23(32)34-24(3,4)5/h9-10H,7-8,11-12,25H2,1-6H3,(H,27,28,29,32). The Kier molecular flexibility index (Phi) is 7.00. The fraction of sp³-hybridized carbons (Fsp3) is 0.458. The first-order chi connectivity index (χ1) is 16.6. The van der Waals surface area contributed by atoms with Crippen molar-refractivity contribution in [2.45, 2.75) is 58.2 Å². The van der Waals surface area contributed by atoms with Crippen LogP contribution in [0, 0.1) is 13.8 Å². The van der Waals surface area contributed by atoms with E-state index in [4.69, 9.17) is 20.3 Å². The summed E-state index contributed by atoms with van der Waals surface area (Å²) in [5.74, 6) is 1.70. The first-order valence-corrected chi connectivity index (χ1v) is 12.4. The van der Waals surface area contributed by atoms with E-state index >= 15 is 0 Å². The summed E-state index contributed by atoms with van der Waals surface area (Å²) in [6, 6.07) is 0. The summed E-state index contributed by atoms with van der Waals surface area (Å²) in [5, 5.41) is 9.13. The van der Waals surface area contributed by atoms with Crippen LogP contribution in [0.25, 0.3) is 17.1 Å². The Morgan fingerprint density at radius 1 is 1.29 bits per heavy atom. The van der Waals surface area contributed by atoms with E-state index < -0.39 is 11.7 Å². The largest absolute Gasteiger partial charge is 0.496 e. The summed E-state index contributed by atoms with van der Waals surface area (Å²) < 4.78 is 12.8. The maximum atomic E-state index is 12.4. The van der Waals surface area contributed by atoms with Gasteiger partial charge in [-0.05, 0) is 53.7 Å². The highest BCUT2D eigenvalue weighted by Gasteiger charge is 2.24. The van der Waals surface area contributed by atoms with Crippen LogP contribution in [0.2, 0.25) is 0 Å². The van der Waals surface area contributed by atoms with Gasteiger partial charge >= 0.3 is 6.09 Å². The molecule has 0 fully saturated rings. The van der Waals surface area contributed by atoms with Gasteiger partial charge in [0.1, 0.15) is 16.4 Å². The number of amides is 1. The average molecular weight is 498 g/mol. The number of hydrogen-bond acceptors (Lipinski definition) is 9. The van der Waals surface area contributed by atoms with Crippen molar-refractivity contribution in [1.82, 2.24) is 24.7 Å². The molecule has 10 nitrogen and oxygen atoms in total. The van der Waals surface area contributed by atoms with Gasteiger partial charge < -0.3 is 15.2 Å². The molecule has 0 spiro atoms. The number of nitrogens with one attached hydrogen (secondary N) is 1. The number of aryl methyl sites for hydroxylation is 1. The van der Waals surface area contributed by atoms with Crippen LogP contribution in [-0.4, -0.2) is 55.8 Å². The number of pyridine rings is 1. The fourth-order valence-electron chi connectivity index (χ4n) is 3.93. The lowest BCUT2D eigenvalue weighted by molar-refractivity contribution is 0.0634. The summed E-state index contributed by atoms with van der Waals surface area (Å²) in [4.78, 5) is 26.3. The highest BCUT2D eigenvalue weighted by atomic mass is 32.2. The quantitative estimate of drug-likeness (QED) is 0.484. The van der Waals surface area contributed by atoms with Crippen molar-refractivity contribution >= 4 is 40.9 Å². The summed E-state index contributed by atoms with van der Waals surface area (Å²) in [5.41, 5.74) is 10.5. The molecule has 3 N–H and O–H groups in total. The summed E-state index contributed by atoms with van der Waals surface area (Å²) in [6.45, 7) is 10.3. The molecular weight excluding hydrogens is 466 g/mol. The van der Waals surface area contributed by atoms with Gasteiger partial charge in [0.2, 0.25) is 5.95 Å². The van der Waals surface area contributed by atoms with Crippen molar-refractivity contribution in [1.29, 1.82) is 0 Å². The zero-order valence-corrected chi connectivity index (χ0v) is 21.7. The molecule has 3 aromatic rings. The highest BCUT2D eigenvalue weighted by Crippen LogP contribution is 2.36. The molecule has 4 heterocycles. The number of carbonyl (C=O) groups excluding carboxylic acids is 1. The highest BCUT2D eigenvalue weighted by molar-refractivity contribution is 7.99. The number of carbonyl (C=O) groups is 1. The molecule has 1 aliphatic heterocycles. The molecule has 0 bridgehead atoms. The average Bonchev–Trinajstić information content (AvgIpc) is 2.99. The van der Waals surface area contributed by atoms with E-state index in [1.165, 1.54) is 5.57 Å². The summed E-state index contributed by atoms with van der Waals surface area (Å²) >= 11 is 1.58. The number of nitrogens with zero attached hydrogens (tertiary/aromatic N) is 5. The van der Waals surface area contributed by atoms with Gasteiger partial charge in [0.05, 0.1) is 30.4 Å². The second-order valence-corrected chi connectivity index (χ2v) is 10.4. The van der Waals surface area contributed by atoms with Gasteiger partial charge in [0.15, 0.2) is 5.65 Å². The lowest BCUT2D eigenvalue weighted by atomic mass is 10.1. The number of thioether (sulfide) groups is 1. The summed E-state index contributed by atoms with van der Waals surface area (Å²) in [6.07, 6.45) is 4.01. The lowest BCUT2D eigenvalue weighted by Crippen LogP contribution is -2.28. The number of hydrogen-bond donors (Lipinski definition) is 2. The van der Waals surface area contributed by atoms with Gasteiger partial charge in [-0.3, -0.25) is 10.3 Å². The maximum Gasteiger partial charge on any atom is 0.414 e. The van der Waals surface area contributed by atoms with Crippen LogP contribution in [-0.2, 0) is 11.3 Å². The minimum Gasteiger partial charge on any atom is -0.496 e. The van der Waals surface area contributed by atoms with Gasteiger partial charge in [-0.15, -0.1) is 11.8 Å². The van der Waals surface area contributed by atoms with Crippen molar-refractivity contribution < 1.29 is 14.3 Å². The van der Waals surface area contributed by atoms with Gasteiger partial charge in [0.25, 0.3) is 0 Å². The number of aromatic nitrogens is 5. The third kappa shape index (κ3) is 5.40. The molecule has 0 unspecified atom stereocenters. The SMILES string of the molecule is COc1c(C)cnc(Cn2nc3c4c(nc(NC(=O)OC(C)(C)C)nc42)SCC(CCN)=C3)c1C. The molecule has 0 saturated heterocycles. The Balaban J connectivity index is 1.81. The molecule has 186 valence electrons. The van der Waals surface area contributed by atoms with Crippen molar-refractivity contribution in [2.24, 2.45) is 5.73 Å². The van der Waals surface area contributed by atoms with E-state index in [2.05, 4.69) is 26.3 Å². The van der Waals surface area contributed by atoms with Gasteiger partial charge in [-0.1, -0.05) is 5.57 Å². The topological polar surface area (TPSA) is 130 Å². The van der Waals surface area contributed by atoms with E-state index in [1.54, 1.807) is 50.5 Å². The smallest absolute Gasteiger partial charge is 0.414 e. The Morgan fingerprint density at radius 3 is 2.74 bits per heavy atom. The van der Waals surface area contributed by atoms with Crippen molar-refractivity contribution in [3.63, 3.8) is 0 Å². The molecule has 0 atom stereocenters. The van der Waals surface area contributed by atoms with E-state index in [-0.39, 0.29) is 5.95 Å². The first-order valence-electron chi connectivity index (χ1n) is 11.4. The molecule has 0 saturated carbocycles. The van der Waals surface area contributed by atoms with Crippen LogP contribution in [0.4, 0.5) is 10.7 Å². The second-order valence-electron chi connectivity index (χ2n) is 9.40. The zero-order chi connectivity index (χ0) is 25.3. The molecule has 1 amide bonds. The van der Waals surface area contributed by atoms with Crippen molar-refractivity contribution in [2.75, 3.05) is 24.7 Å². The molecule has 0 aliphatic carbocycles. The molecule has 0 aromatic carbocycles. The van der Waals surface area contributed by atoms with Gasteiger partial charge in [-0.2, -0.15) is 10.1 Å². The maximum absolute atomic E-state index is 12.4. The van der Waals surface area contributed by atoms with E-state index in [1.807, 2.05) is 13.8 Å². The lowest BCUT2D eigenvalue weighted by Gasteiger charge is -2.19. The first kappa shape index (κ1) is 24.9. The normalized spacial score (nSPS) is 13.4. The van der Waals surface area contributed by atoms with Crippen LogP contribution in [0.5, 0.6) is 5.75 Å².